The second kappa shape index (κ2) is 9.63. The van der Waals surface area contributed by atoms with Crippen molar-refractivity contribution < 1.29 is 9.47 Å². The van der Waals surface area contributed by atoms with Crippen LogP contribution in [0.25, 0.3) is 27.9 Å². The number of anilines is 2. The summed E-state index contributed by atoms with van der Waals surface area (Å²) in [5.41, 5.74) is 6.88. The number of hydrogen-bond acceptors (Lipinski definition) is 4. The lowest BCUT2D eigenvalue weighted by atomic mass is 9.77. The summed E-state index contributed by atoms with van der Waals surface area (Å²) in [5, 5.41) is 2.53. The van der Waals surface area contributed by atoms with E-state index in [9.17, 15) is 0 Å². The first-order valence-electron chi connectivity index (χ1n) is 14.4. The van der Waals surface area contributed by atoms with Gasteiger partial charge in [0.15, 0.2) is 5.72 Å². The molecule has 2 aliphatic heterocycles. The van der Waals surface area contributed by atoms with Crippen molar-refractivity contribution in [3.05, 3.63) is 71.8 Å². The lowest BCUT2D eigenvalue weighted by molar-refractivity contribution is 0.000345. The lowest BCUT2D eigenvalue weighted by Gasteiger charge is -2.39. The van der Waals surface area contributed by atoms with Crippen LogP contribution in [0, 0.1) is 0 Å². The molecule has 5 nitrogen and oxygen atoms in total. The second-order valence-corrected chi connectivity index (χ2v) is 11.6. The Balaban J connectivity index is 1.43. The minimum atomic E-state index is -0.507. The maximum absolute atomic E-state index is 6.64. The molecule has 0 N–H and O–H groups in total. The Morgan fingerprint density at radius 1 is 0.974 bits per heavy atom. The van der Waals surface area contributed by atoms with Crippen LogP contribution in [0.15, 0.2) is 60.7 Å². The van der Waals surface area contributed by atoms with E-state index in [1.807, 2.05) is 6.92 Å². The normalized spacial score (nSPS) is 19.8. The Hall–Kier alpha value is -3.44. The number of aryl methyl sites for hydroxylation is 1. The van der Waals surface area contributed by atoms with Crippen molar-refractivity contribution in [1.29, 1.82) is 0 Å². The molecule has 0 radical (unpaired) electrons. The number of benzene rings is 3. The highest BCUT2D eigenvalue weighted by atomic mass is 16.5. The molecule has 0 saturated carbocycles. The molecule has 1 atom stereocenters. The third kappa shape index (κ3) is 3.93. The van der Waals surface area contributed by atoms with E-state index in [0.717, 1.165) is 31.9 Å². The Kier molecular flexibility index (Phi) is 6.38. The summed E-state index contributed by atoms with van der Waals surface area (Å²) >= 11 is 0. The summed E-state index contributed by atoms with van der Waals surface area (Å²) in [4.78, 5) is 4.63. The maximum Gasteiger partial charge on any atom is 0.170 e. The van der Waals surface area contributed by atoms with Crippen LogP contribution in [-0.4, -0.2) is 44.1 Å². The van der Waals surface area contributed by atoms with E-state index in [-0.39, 0.29) is 5.41 Å². The highest BCUT2D eigenvalue weighted by Crippen LogP contribution is 2.55. The highest BCUT2D eigenvalue weighted by molar-refractivity contribution is 6.09. The minimum Gasteiger partial charge on any atom is -0.494 e. The number of nitrogens with zero attached hydrogens (tertiary/aromatic N) is 3. The van der Waals surface area contributed by atoms with Gasteiger partial charge in [-0.15, -0.1) is 0 Å². The molecule has 39 heavy (non-hydrogen) atoms. The fourth-order valence-corrected chi connectivity index (χ4v) is 6.66. The van der Waals surface area contributed by atoms with E-state index >= 15 is 0 Å². The first-order valence-corrected chi connectivity index (χ1v) is 14.4. The van der Waals surface area contributed by atoms with Gasteiger partial charge in [-0.2, -0.15) is 0 Å². The zero-order valence-corrected chi connectivity index (χ0v) is 24.3. The monoisotopic (exact) mass is 523 g/mol. The molecule has 0 amide bonds. The molecule has 1 aromatic heterocycles. The zero-order chi connectivity index (χ0) is 27.4. The van der Waals surface area contributed by atoms with Gasteiger partial charge in [0.2, 0.25) is 0 Å². The van der Waals surface area contributed by atoms with E-state index in [0.29, 0.717) is 6.61 Å². The average molecular weight is 524 g/mol. The molecule has 2 aliphatic rings. The fraction of sp³-hybridized carbons (Fsp3) is 0.412. The molecule has 0 aliphatic carbocycles. The van der Waals surface area contributed by atoms with Crippen LogP contribution in [-0.2, 0) is 16.7 Å². The number of ether oxygens (including phenoxy) is 2. The predicted molar refractivity (Wildman–Crippen MR) is 164 cm³/mol. The van der Waals surface area contributed by atoms with Crippen LogP contribution in [0.1, 0.15) is 51.7 Å². The summed E-state index contributed by atoms with van der Waals surface area (Å²) in [5.74, 6) is 0.928. The molecule has 4 aromatic rings. The Labute approximate surface area is 232 Å². The molecule has 5 heteroatoms. The van der Waals surface area contributed by atoms with Gasteiger partial charge in [0.05, 0.1) is 13.2 Å². The van der Waals surface area contributed by atoms with Gasteiger partial charge in [-0.05, 0) is 79.1 Å². The third-order valence-corrected chi connectivity index (χ3v) is 8.80. The maximum atomic E-state index is 6.64. The Morgan fingerprint density at radius 3 is 2.49 bits per heavy atom. The molecule has 204 valence electrons. The van der Waals surface area contributed by atoms with Crippen LogP contribution in [0.5, 0.6) is 5.75 Å². The molecule has 1 saturated heterocycles. The predicted octanol–water partition coefficient (Wildman–Crippen LogP) is 7.60. The lowest BCUT2D eigenvalue weighted by Crippen LogP contribution is -2.51. The number of unbranched alkanes of at least 4 members (excludes halogenated alkanes) is 1. The van der Waals surface area contributed by atoms with E-state index in [2.05, 4.69) is 116 Å². The molecular formula is C34H41N3O2. The summed E-state index contributed by atoms with van der Waals surface area (Å²) in [6.07, 6.45) is 6.90. The largest absolute Gasteiger partial charge is 0.494 e. The van der Waals surface area contributed by atoms with Crippen molar-refractivity contribution >= 4 is 39.3 Å². The molecule has 3 heterocycles. The SMILES string of the molecule is CCCCn1c2ccc(C=CC34OCCN3c3ccc(N(C)C)cc3C4(C)C)cc2c2cc(OCC)ccc21. The Morgan fingerprint density at radius 2 is 1.74 bits per heavy atom. The van der Waals surface area contributed by atoms with Crippen LogP contribution >= 0.6 is 0 Å². The van der Waals surface area contributed by atoms with Gasteiger partial charge < -0.3 is 23.8 Å². The van der Waals surface area contributed by atoms with Gasteiger partial charge in [-0.25, -0.2) is 0 Å². The molecule has 6 rings (SSSR count). The molecular weight excluding hydrogens is 482 g/mol. The molecule has 1 fully saturated rings. The summed E-state index contributed by atoms with van der Waals surface area (Å²) in [6.45, 7) is 12.2. The van der Waals surface area contributed by atoms with Gasteiger partial charge >= 0.3 is 0 Å². The van der Waals surface area contributed by atoms with E-state index in [1.54, 1.807) is 0 Å². The zero-order valence-electron chi connectivity index (χ0n) is 24.3. The number of rotatable bonds is 8. The smallest absolute Gasteiger partial charge is 0.170 e. The van der Waals surface area contributed by atoms with Gasteiger partial charge in [0.1, 0.15) is 5.75 Å². The molecule has 0 spiro atoms. The summed E-state index contributed by atoms with van der Waals surface area (Å²) < 4.78 is 15.0. The molecule has 0 bridgehead atoms. The quantitative estimate of drug-likeness (QED) is 0.238. The second-order valence-electron chi connectivity index (χ2n) is 11.6. The van der Waals surface area contributed by atoms with Crippen molar-refractivity contribution in [2.75, 3.05) is 43.7 Å². The number of aromatic nitrogens is 1. The van der Waals surface area contributed by atoms with Crippen LogP contribution < -0.4 is 14.5 Å². The summed E-state index contributed by atoms with van der Waals surface area (Å²) in [7, 11) is 4.20. The van der Waals surface area contributed by atoms with Crippen molar-refractivity contribution in [3.8, 4) is 5.75 Å². The Bertz CT molecular complexity index is 1560. The molecule has 1 unspecified atom stereocenters. The first kappa shape index (κ1) is 25.8. The van der Waals surface area contributed by atoms with Crippen LogP contribution in [0.3, 0.4) is 0 Å². The highest BCUT2D eigenvalue weighted by Gasteiger charge is 2.59. The van der Waals surface area contributed by atoms with E-state index in [4.69, 9.17) is 9.47 Å². The fourth-order valence-electron chi connectivity index (χ4n) is 6.66. The minimum absolute atomic E-state index is 0.200. The van der Waals surface area contributed by atoms with Crippen LogP contribution in [0.4, 0.5) is 11.4 Å². The van der Waals surface area contributed by atoms with Gasteiger partial charge in [0.25, 0.3) is 0 Å². The van der Waals surface area contributed by atoms with Crippen LogP contribution in [0.2, 0.25) is 0 Å². The van der Waals surface area contributed by atoms with Crippen molar-refractivity contribution in [3.63, 3.8) is 0 Å². The van der Waals surface area contributed by atoms with Crippen molar-refractivity contribution in [2.45, 2.75) is 58.2 Å². The topological polar surface area (TPSA) is 29.9 Å². The average Bonchev–Trinajstić information content (AvgIpc) is 3.55. The first-order chi connectivity index (χ1) is 18.8. The van der Waals surface area contributed by atoms with Gasteiger partial charge in [-0.1, -0.05) is 39.3 Å². The molecule has 3 aromatic carbocycles. The van der Waals surface area contributed by atoms with E-state index in [1.165, 1.54) is 50.7 Å². The third-order valence-electron chi connectivity index (χ3n) is 8.80. The van der Waals surface area contributed by atoms with Gasteiger partial charge in [0, 0.05) is 65.8 Å². The van der Waals surface area contributed by atoms with Crippen molar-refractivity contribution in [1.82, 2.24) is 4.57 Å². The number of hydrogen-bond donors (Lipinski definition) is 0. The summed E-state index contributed by atoms with van der Waals surface area (Å²) in [6, 6.07) is 20.2. The van der Waals surface area contributed by atoms with Crippen molar-refractivity contribution in [2.24, 2.45) is 0 Å². The van der Waals surface area contributed by atoms with E-state index < -0.39 is 5.72 Å². The van der Waals surface area contributed by atoms with Gasteiger partial charge in [-0.3, -0.25) is 0 Å². The number of fused-ring (bicyclic) bond motifs is 6. The standard InChI is InChI=1S/C34H41N3O2/c1-7-9-18-36-30-13-10-24(21-27(30)28-23-26(38-8-2)12-15-31(28)36)16-17-34-33(3,4)29-22-25(35(5)6)11-14-32(29)37(34)19-20-39-34/h10-17,21-23H,7-9,18-20H2,1-6H3.